The molecule has 1 aliphatic rings. The fourth-order valence-electron chi connectivity index (χ4n) is 3.08. The number of carbonyl (C=O) groups is 1. The molecule has 0 bridgehead atoms. The van der Waals surface area contributed by atoms with Crippen LogP contribution >= 0.6 is 0 Å². The van der Waals surface area contributed by atoms with Crippen LogP contribution in [0.15, 0.2) is 18.2 Å². The number of rotatable bonds is 6. The van der Waals surface area contributed by atoms with Crippen LogP contribution in [-0.4, -0.2) is 43.5 Å². The second-order valence-corrected chi connectivity index (χ2v) is 7.12. The van der Waals surface area contributed by atoms with E-state index in [0.717, 1.165) is 42.9 Å². The summed E-state index contributed by atoms with van der Waals surface area (Å²) in [5.74, 6) is 1.29. The van der Waals surface area contributed by atoms with Gasteiger partial charge in [-0.2, -0.15) is 0 Å². The maximum atomic E-state index is 12.9. The summed E-state index contributed by atoms with van der Waals surface area (Å²) in [6.45, 7) is 11.3. The van der Waals surface area contributed by atoms with Crippen LogP contribution in [0.3, 0.4) is 0 Å². The lowest BCUT2D eigenvalue weighted by Gasteiger charge is -2.23. The van der Waals surface area contributed by atoms with Crippen molar-refractivity contribution in [1.82, 2.24) is 10.2 Å². The smallest absolute Gasteiger partial charge is 0.254 e. The molecule has 2 rings (SSSR count). The second kappa shape index (κ2) is 7.82. The number of anilines is 1. The number of benzene rings is 1. The molecule has 1 aromatic rings. The van der Waals surface area contributed by atoms with E-state index in [1.165, 1.54) is 0 Å². The van der Waals surface area contributed by atoms with Crippen molar-refractivity contribution in [1.29, 1.82) is 0 Å². The predicted octanol–water partition coefficient (Wildman–Crippen LogP) is 3.13. The highest BCUT2D eigenvalue weighted by atomic mass is 16.2. The van der Waals surface area contributed by atoms with Gasteiger partial charge in [0.15, 0.2) is 0 Å². The van der Waals surface area contributed by atoms with Gasteiger partial charge in [0.1, 0.15) is 0 Å². The van der Waals surface area contributed by atoms with E-state index in [9.17, 15) is 4.79 Å². The van der Waals surface area contributed by atoms with Crippen LogP contribution in [0.5, 0.6) is 0 Å². The summed E-state index contributed by atoms with van der Waals surface area (Å²) in [5.41, 5.74) is 2.96. The highest BCUT2D eigenvalue weighted by Gasteiger charge is 2.27. The molecule has 128 valence electrons. The first-order valence-electron chi connectivity index (χ1n) is 8.74. The van der Waals surface area contributed by atoms with Gasteiger partial charge >= 0.3 is 0 Å². The zero-order valence-electron chi connectivity index (χ0n) is 15.1. The Kier molecular flexibility index (Phi) is 6.05. The highest BCUT2D eigenvalue weighted by molar-refractivity contribution is 5.97. The first kappa shape index (κ1) is 17.8. The Morgan fingerprint density at radius 1 is 1.35 bits per heavy atom. The van der Waals surface area contributed by atoms with E-state index < -0.39 is 0 Å². The number of nitrogens with one attached hydrogen (secondary N) is 2. The largest absolute Gasteiger partial charge is 0.382 e. The van der Waals surface area contributed by atoms with Gasteiger partial charge < -0.3 is 15.5 Å². The molecule has 2 atom stereocenters. The number of likely N-dealkylation sites (tertiary alicyclic amines) is 1. The van der Waals surface area contributed by atoms with Crippen LogP contribution in [0, 0.1) is 18.8 Å². The minimum atomic E-state index is 0.168. The van der Waals surface area contributed by atoms with E-state index in [1.54, 1.807) is 0 Å². The molecule has 23 heavy (non-hydrogen) atoms. The molecule has 1 heterocycles. The molecule has 2 unspecified atom stereocenters. The fourth-order valence-corrected chi connectivity index (χ4v) is 3.08. The molecule has 1 saturated heterocycles. The zero-order chi connectivity index (χ0) is 17.0. The molecular weight excluding hydrogens is 286 g/mol. The number of carbonyl (C=O) groups excluding carboxylic acids is 1. The van der Waals surface area contributed by atoms with Crippen molar-refractivity contribution < 1.29 is 4.79 Å². The Hall–Kier alpha value is -1.55. The van der Waals surface area contributed by atoms with Gasteiger partial charge in [-0.3, -0.25) is 4.79 Å². The lowest BCUT2D eigenvalue weighted by atomic mass is 10.0. The monoisotopic (exact) mass is 317 g/mol. The Morgan fingerprint density at radius 3 is 2.74 bits per heavy atom. The molecule has 1 fully saturated rings. The van der Waals surface area contributed by atoms with Gasteiger partial charge in [-0.1, -0.05) is 19.9 Å². The molecule has 0 saturated carbocycles. The summed E-state index contributed by atoms with van der Waals surface area (Å²) >= 11 is 0. The van der Waals surface area contributed by atoms with Gasteiger partial charge in [-0.15, -0.1) is 0 Å². The second-order valence-electron chi connectivity index (χ2n) is 7.12. The molecule has 1 amide bonds. The van der Waals surface area contributed by atoms with Crippen molar-refractivity contribution in [3.63, 3.8) is 0 Å². The molecule has 0 aromatic heterocycles. The van der Waals surface area contributed by atoms with E-state index in [4.69, 9.17) is 0 Å². The Morgan fingerprint density at radius 2 is 2.09 bits per heavy atom. The van der Waals surface area contributed by atoms with Gasteiger partial charge in [0.05, 0.1) is 0 Å². The predicted molar refractivity (Wildman–Crippen MR) is 97.0 cm³/mol. The van der Waals surface area contributed by atoms with Crippen molar-refractivity contribution in [3.8, 4) is 0 Å². The lowest BCUT2D eigenvalue weighted by molar-refractivity contribution is 0.0786. The molecule has 1 aromatic carbocycles. The maximum absolute atomic E-state index is 12.9. The van der Waals surface area contributed by atoms with Crippen LogP contribution in [-0.2, 0) is 0 Å². The molecule has 4 heteroatoms. The van der Waals surface area contributed by atoms with Gasteiger partial charge in [0.25, 0.3) is 5.91 Å². The molecule has 2 N–H and O–H groups in total. The summed E-state index contributed by atoms with van der Waals surface area (Å²) in [4.78, 5) is 14.9. The molecule has 0 spiro atoms. The van der Waals surface area contributed by atoms with E-state index in [-0.39, 0.29) is 5.91 Å². The topological polar surface area (TPSA) is 44.4 Å². The Bertz CT molecular complexity index is 541. The number of nitrogens with zero attached hydrogens (tertiary/aromatic N) is 1. The summed E-state index contributed by atoms with van der Waals surface area (Å²) in [7, 11) is 1.97. The van der Waals surface area contributed by atoms with Gasteiger partial charge in [-0.05, 0) is 63.4 Å². The van der Waals surface area contributed by atoms with E-state index in [0.29, 0.717) is 17.9 Å². The number of hydrogen-bond acceptors (Lipinski definition) is 3. The fraction of sp³-hybridized carbons (Fsp3) is 0.632. The third kappa shape index (κ3) is 4.25. The average Bonchev–Trinajstić information content (AvgIpc) is 2.97. The molecule has 0 radical (unpaired) electrons. The van der Waals surface area contributed by atoms with Crippen molar-refractivity contribution in [2.45, 2.75) is 40.2 Å². The van der Waals surface area contributed by atoms with Crippen LogP contribution in [0.2, 0.25) is 0 Å². The Balaban J connectivity index is 2.12. The molecular formula is C19H31N3O. The number of hydrogen-bond donors (Lipinski definition) is 2. The quantitative estimate of drug-likeness (QED) is 0.847. The normalized spacial score (nSPS) is 19.2. The molecule has 1 aliphatic heterocycles. The van der Waals surface area contributed by atoms with Crippen molar-refractivity contribution in [2.75, 3.05) is 32.0 Å². The molecule has 4 nitrogen and oxygen atoms in total. The van der Waals surface area contributed by atoms with Gasteiger partial charge in [-0.25, -0.2) is 0 Å². The summed E-state index contributed by atoms with van der Waals surface area (Å²) in [5, 5.41) is 6.76. The lowest BCUT2D eigenvalue weighted by Crippen LogP contribution is -2.31. The average molecular weight is 317 g/mol. The van der Waals surface area contributed by atoms with E-state index in [1.807, 2.05) is 31.0 Å². The minimum Gasteiger partial charge on any atom is -0.382 e. The zero-order valence-corrected chi connectivity index (χ0v) is 15.1. The first-order chi connectivity index (χ1) is 10.9. The first-order valence-corrected chi connectivity index (χ1v) is 8.74. The maximum Gasteiger partial charge on any atom is 0.254 e. The summed E-state index contributed by atoms with van der Waals surface area (Å²) in [6, 6.07) is 6.38. The highest BCUT2D eigenvalue weighted by Crippen LogP contribution is 2.25. The van der Waals surface area contributed by atoms with Crippen LogP contribution < -0.4 is 10.6 Å². The van der Waals surface area contributed by atoms with Crippen LogP contribution in [0.1, 0.15) is 43.1 Å². The number of amides is 1. The van der Waals surface area contributed by atoms with Gasteiger partial charge in [0.2, 0.25) is 0 Å². The van der Waals surface area contributed by atoms with Gasteiger partial charge in [0, 0.05) is 30.4 Å². The van der Waals surface area contributed by atoms with Crippen molar-refractivity contribution >= 4 is 11.6 Å². The summed E-state index contributed by atoms with van der Waals surface area (Å²) < 4.78 is 0. The third-order valence-electron chi connectivity index (χ3n) is 5.01. The third-order valence-corrected chi connectivity index (χ3v) is 5.01. The Labute approximate surface area is 140 Å². The van der Waals surface area contributed by atoms with E-state index in [2.05, 4.69) is 37.5 Å². The van der Waals surface area contributed by atoms with Crippen molar-refractivity contribution in [3.05, 3.63) is 29.3 Å². The summed E-state index contributed by atoms with van der Waals surface area (Å²) in [6.07, 6.45) is 1.09. The minimum absolute atomic E-state index is 0.168. The van der Waals surface area contributed by atoms with E-state index >= 15 is 0 Å². The van der Waals surface area contributed by atoms with Crippen LogP contribution in [0.4, 0.5) is 5.69 Å². The standard InChI is InChI=1S/C19H31N3O/c1-13(2)15(4)21-18-8-6-7-17(14(18)3)19(23)22-10-9-16(12-22)11-20-5/h6-8,13,15-16,20-21H,9-12H2,1-5H3. The van der Waals surface area contributed by atoms with Crippen molar-refractivity contribution in [2.24, 2.45) is 11.8 Å². The SMILES string of the molecule is CNCC1CCN(C(=O)c2cccc(NC(C)C(C)C)c2C)C1. The van der Waals surface area contributed by atoms with Crippen LogP contribution in [0.25, 0.3) is 0 Å². The molecule has 0 aliphatic carbocycles.